The molecule has 0 aliphatic carbocycles. The number of pyridine rings is 1. The number of nitrogens with one attached hydrogen (secondary N) is 1. The van der Waals surface area contributed by atoms with Crippen molar-refractivity contribution in [3.05, 3.63) is 29.6 Å². The van der Waals surface area contributed by atoms with Gasteiger partial charge in [0.15, 0.2) is 5.84 Å². The zero-order chi connectivity index (χ0) is 14.5. The van der Waals surface area contributed by atoms with Gasteiger partial charge in [0.05, 0.1) is 0 Å². The number of rotatable bonds is 6. The monoisotopic (exact) mass is 265 g/mol. The first-order valence-electron chi connectivity index (χ1n) is 5.80. The number of carbonyl (C=O) groups excluding carboxylic acids is 1. The number of primary amides is 1. The molecule has 1 aromatic rings. The molecule has 0 atom stereocenters. The molecular weight excluding hydrogens is 246 g/mol. The maximum absolute atomic E-state index is 10.9. The average Bonchev–Trinajstić information content (AvgIpc) is 2.34. The Bertz CT molecular complexity index is 485. The molecule has 1 rings (SSSR count). The smallest absolute Gasteiger partial charge is 0.219 e. The molecular formula is C12H19N5O2. The Balaban J connectivity index is 2.70. The van der Waals surface area contributed by atoms with Crippen LogP contribution in [0.2, 0.25) is 0 Å². The van der Waals surface area contributed by atoms with Crippen molar-refractivity contribution in [2.24, 2.45) is 16.6 Å². The molecule has 0 aliphatic heterocycles. The second kappa shape index (κ2) is 6.14. The van der Waals surface area contributed by atoms with E-state index in [9.17, 15) is 4.79 Å². The minimum Gasteiger partial charge on any atom is -0.409 e. The molecule has 0 radical (unpaired) electrons. The topological polar surface area (TPSA) is 127 Å². The van der Waals surface area contributed by atoms with E-state index in [2.05, 4.69) is 15.5 Å². The van der Waals surface area contributed by atoms with Crippen LogP contribution in [0.15, 0.2) is 23.5 Å². The number of nitrogens with zero attached hydrogens (tertiary/aromatic N) is 2. The predicted molar refractivity (Wildman–Crippen MR) is 71.5 cm³/mol. The fourth-order valence-corrected chi connectivity index (χ4v) is 1.61. The maximum Gasteiger partial charge on any atom is 0.219 e. The normalized spacial score (nSPS) is 12.4. The molecule has 0 aromatic carbocycles. The lowest BCUT2D eigenvalue weighted by atomic mass is 10.00. The van der Waals surface area contributed by atoms with Crippen molar-refractivity contribution in [1.82, 2.24) is 10.3 Å². The van der Waals surface area contributed by atoms with Crippen LogP contribution in [0.25, 0.3) is 0 Å². The molecule has 0 saturated heterocycles. The Morgan fingerprint density at radius 1 is 1.53 bits per heavy atom. The molecule has 104 valence electrons. The van der Waals surface area contributed by atoms with Gasteiger partial charge in [0.1, 0.15) is 5.69 Å². The van der Waals surface area contributed by atoms with Gasteiger partial charge in [-0.05, 0) is 31.5 Å². The highest BCUT2D eigenvalue weighted by molar-refractivity contribution is 5.95. The summed E-state index contributed by atoms with van der Waals surface area (Å²) in [6, 6.07) is 3.52. The van der Waals surface area contributed by atoms with E-state index in [1.54, 1.807) is 12.3 Å². The second-order valence-electron chi connectivity index (χ2n) is 4.92. The Morgan fingerprint density at radius 3 is 2.79 bits per heavy atom. The van der Waals surface area contributed by atoms with Crippen LogP contribution >= 0.6 is 0 Å². The van der Waals surface area contributed by atoms with E-state index < -0.39 is 5.54 Å². The SMILES string of the molecule is CC(C)(CC(N)=O)NCc1ccnc(/C(N)=N/O)c1. The van der Waals surface area contributed by atoms with E-state index in [-0.39, 0.29) is 18.2 Å². The molecule has 7 heteroatoms. The third-order valence-electron chi connectivity index (χ3n) is 2.58. The molecule has 0 unspecified atom stereocenters. The Labute approximate surface area is 111 Å². The van der Waals surface area contributed by atoms with Gasteiger partial charge >= 0.3 is 0 Å². The van der Waals surface area contributed by atoms with Gasteiger partial charge in [0.2, 0.25) is 5.91 Å². The van der Waals surface area contributed by atoms with Gasteiger partial charge < -0.3 is 22.0 Å². The largest absolute Gasteiger partial charge is 0.409 e. The average molecular weight is 265 g/mol. The Morgan fingerprint density at radius 2 is 2.21 bits per heavy atom. The highest BCUT2D eigenvalue weighted by Gasteiger charge is 2.19. The van der Waals surface area contributed by atoms with Crippen LogP contribution in [0.1, 0.15) is 31.5 Å². The van der Waals surface area contributed by atoms with Crippen molar-refractivity contribution < 1.29 is 10.0 Å². The van der Waals surface area contributed by atoms with Gasteiger partial charge in [-0.3, -0.25) is 9.78 Å². The van der Waals surface area contributed by atoms with Crippen LogP contribution in [-0.4, -0.2) is 27.5 Å². The summed E-state index contributed by atoms with van der Waals surface area (Å²) in [5.41, 5.74) is 11.6. The lowest BCUT2D eigenvalue weighted by Crippen LogP contribution is -2.42. The van der Waals surface area contributed by atoms with Gasteiger partial charge in [-0.2, -0.15) is 0 Å². The standard InChI is InChI=1S/C12H19N5O2/c1-12(2,6-10(13)18)16-7-8-3-4-15-9(5-8)11(14)17-19/h3-5,16,19H,6-7H2,1-2H3,(H2,13,18)(H2,14,17). The number of hydrogen-bond acceptors (Lipinski definition) is 5. The van der Waals surface area contributed by atoms with E-state index in [0.717, 1.165) is 5.56 Å². The van der Waals surface area contributed by atoms with Crippen LogP contribution < -0.4 is 16.8 Å². The molecule has 0 fully saturated rings. The van der Waals surface area contributed by atoms with Crippen molar-refractivity contribution in [2.45, 2.75) is 32.4 Å². The maximum atomic E-state index is 10.9. The van der Waals surface area contributed by atoms with Crippen molar-refractivity contribution in [3.8, 4) is 0 Å². The first-order chi connectivity index (χ1) is 8.84. The molecule has 1 aromatic heterocycles. The minimum atomic E-state index is -0.397. The lowest BCUT2D eigenvalue weighted by Gasteiger charge is -2.24. The summed E-state index contributed by atoms with van der Waals surface area (Å²) < 4.78 is 0. The molecule has 1 heterocycles. The molecule has 19 heavy (non-hydrogen) atoms. The minimum absolute atomic E-state index is 0.0433. The van der Waals surface area contributed by atoms with Gasteiger partial charge in [-0.15, -0.1) is 0 Å². The third kappa shape index (κ3) is 4.92. The zero-order valence-electron chi connectivity index (χ0n) is 11.1. The summed E-state index contributed by atoms with van der Waals surface area (Å²) in [4.78, 5) is 14.9. The van der Waals surface area contributed by atoms with Crippen LogP contribution in [0.5, 0.6) is 0 Å². The molecule has 0 bridgehead atoms. The van der Waals surface area contributed by atoms with Crippen LogP contribution in [0.3, 0.4) is 0 Å². The molecule has 7 nitrogen and oxygen atoms in total. The van der Waals surface area contributed by atoms with Crippen molar-refractivity contribution in [3.63, 3.8) is 0 Å². The van der Waals surface area contributed by atoms with Gasteiger partial charge in [-0.25, -0.2) is 0 Å². The second-order valence-corrected chi connectivity index (χ2v) is 4.92. The van der Waals surface area contributed by atoms with Crippen LogP contribution in [0.4, 0.5) is 0 Å². The van der Waals surface area contributed by atoms with E-state index in [1.165, 1.54) is 0 Å². The molecule has 0 aliphatic rings. The van der Waals surface area contributed by atoms with E-state index >= 15 is 0 Å². The Kier molecular flexibility index (Phi) is 4.82. The summed E-state index contributed by atoms with van der Waals surface area (Å²) in [5, 5.41) is 14.7. The number of oxime groups is 1. The lowest BCUT2D eigenvalue weighted by molar-refractivity contribution is -0.119. The first kappa shape index (κ1) is 14.9. The number of carbonyl (C=O) groups is 1. The predicted octanol–water partition coefficient (Wildman–Crippen LogP) is -0.0803. The summed E-state index contributed by atoms with van der Waals surface area (Å²) in [6.07, 6.45) is 1.82. The fourth-order valence-electron chi connectivity index (χ4n) is 1.61. The highest BCUT2D eigenvalue weighted by atomic mass is 16.4. The quantitative estimate of drug-likeness (QED) is 0.248. The van der Waals surface area contributed by atoms with E-state index in [0.29, 0.717) is 12.2 Å². The number of nitrogens with two attached hydrogens (primary N) is 2. The van der Waals surface area contributed by atoms with Gasteiger partial charge in [-0.1, -0.05) is 5.16 Å². The number of aromatic nitrogens is 1. The molecule has 6 N–H and O–H groups in total. The molecule has 0 spiro atoms. The van der Waals surface area contributed by atoms with Gasteiger partial charge in [0, 0.05) is 24.7 Å². The fraction of sp³-hybridized carbons (Fsp3) is 0.417. The zero-order valence-corrected chi connectivity index (χ0v) is 11.1. The van der Waals surface area contributed by atoms with Crippen LogP contribution in [-0.2, 0) is 11.3 Å². The summed E-state index contributed by atoms with van der Waals surface area (Å²) in [6.45, 7) is 4.31. The van der Waals surface area contributed by atoms with Gasteiger partial charge in [0.25, 0.3) is 0 Å². The first-order valence-corrected chi connectivity index (χ1v) is 5.80. The van der Waals surface area contributed by atoms with Crippen molar-refractivity contribution >= 4 is 11.7 Å². The highest BCUT2D eigenvalue weighted by Crippen LogP contribution is 2.10. The summed E-state index contributed by atoms with van der Waals surface area (Å²) >= 11 is 0. The van der Waals surface area contributed by atoms with E-state index in [1.807, 2.05) is 19.9 Å². The number of amidine groups is 1. The summed E-state index contributed by atoms with van der Waals surface area (Å²) in [5.74, 6) is -0.400. The Hall–Kier alpha value is -2.15. The number of hydrogen-bond donors (Lipinski definition) is 4. The summed E-state index contributed by atoms with van der Waals surface area (Å²) in [7, 11) is 0. The van der Waals surface area contributed by atoms with Crippen LogP contribution in [0, 0.1) is 0 Å². The third-order valence-corrected chi connectivity index (χ3v) is 2.58. The van der Waals surface area contributed by atoms with Crippen molar-refractivity contribution in [2.75, 3.05) is 0 Å². The molecule has 0 saturated carbocycles. The molecule has 1 amide bonds. The van der Waals surface area contributed by atoms with E-state index in [4.69, 9.17) is 16.7 Å². The number of amides is 1. The van der Waals surface area contributed by atoms with Crippen molar-refractivity contribution in [1.29, 1.82) is 0 Å².